The molecule has 1 aliphatic rings. The van der Waals surface area contributed by atoms with Crippen molar-refractivity contribution in [3.8, 4) is 0 Å². The van der Waals surface area contributed by atoms with Crippen LogP contribution < -0.4 is 16.8 Å². The predicted molar refractivity (Wildman–Crippen MR) is 57.2 cm³/mol. The highest BCUT2D eigenvalue weighted by molar-refractivity contribution is 4.67. The molecule has 1 heterocycles. The van der Waals surface area contributed by atoms with Crippen molar-refractivity contribution in [2.45, 2.75) is 6.04 Å². The minimum atomic E-state index is 0.0830. The number of morpholine rings is 1. The third-order valence-corrected chi connectivity index (χ3v) is 2.42. The number of hydrogen-bond acceptors (Lipinski definition) is 5. The van der Waals surface area contributed by atoms with E-state index in [1.807, 2.05) is 0 Å². The van der Waals surface area contributed by atoms with Crippen LogP contribution in [0.3, 0.4) is 0 Å². The molecule has 0 aromatic carbocycles. The van der Waals surface area contributed by atoms with Gasteiger partial charge in [0, 0.05) is 45.3 Å². The number of nitrogens with one attached hydrogen (secondary N) is 1. The monoisotopic (exact) mass is 202 g/mol. The second kappa shape index (κ2) is 7.14. The molecule has 84 valence electrons. The van der Waals surface area contributed by atoms with Gasteiger partial charge in [0.25, 0.3) is 0 Å². The normalized spacial score (nSPS) is 21.0. The maximum Gasteiger partial charge on any atom is 0.0594 e. The fourth-order valence-electron chi connectivity index (χ4n) is 1.43. The molecule has 1 saturated heterocycles. The van der Waals surface area contributed by atoms with Crippen LogP contribution in [-0.4, -0.2) is 63.4 Å². The molecule has 1 rings (SSSR count). The van der Waals surface area contributed by atoms with E-state index in [9.17, 15) is 0 Å². The Morgan fingerprint density at radius 3 is 2.71 bits per heavy atom. The lowest BCUT2D eigenvalue weighted by atomic mass is 10.3. The summed E-state index contributed by atoms with van der Waals surface area (Å²) < 4.78 is 5.26. The molecule has 1 atom stereocenters. The Kier molecular flexibility index (Phi) is 6.05. The average Bonchev–Trinajstić information content (AvgIpc) is 2.25. The van der Waals surface area contributed by atoms with Crippen molar-refractivity contribution < 1.29 is 4.74 Å². The van der Waals surface area contributed by atoms with Crippen LogP contribution in [0, 0.1) is 0 Å². The van der Waals surface area contributed by atoms with Gasteiger partial charge in [0.05, 0.1) is 13.2 Å². The first kappa shape index (κ1) is 11.9. The molecule has 0 bridgehead atoms. The summed E-state index contributed by atoms with van der Waals surface area (Å²) in [5, 5.41) is 3.30. The summed E-state index contributed by atoms with van der Waals surface area (Å²) in [4.78, 5) is 2.39. The van der Waals surface area contributed by atoms with Gasteiger partial charge in [-0.2, -0.15) is 0 Å². The first-order valence-corrected chi connectivity index (χ1v) is 5.29. The Labute approximate surface area is 85.8 Å². The summed E-state index contributed by atoms with van der Waals surface area (Å²) in [6.07, 6.45) is 0. The SMILES string of the molecule is NCC(N)CNCCN1CCOCC1. The molecule has 1 aliphatic heterocycles. The molecule has 0 amide bonds. The van der Waals surface area contributed by atoms with Crippen molar-refractivity contribution in [1.29, 1.82) is 0 Å². The highest BCUT2D eigenvalue weighted by Gasteiger charge is 2.09. The molecule has 14 heavy (non-hydrogen) atoms. The second-order valence-corrected chi connectivity index (χ2v) is 3.65. The topological polar surface area (TPSA) is 76.5 Å². The lowest BCUT2D eigenvalue weighted by Crippen LogP contribution is -2.44. The van der Waals surface area contributed by atoms with E-state index in [-0.39, 0.29) is 6.04 Å². The Balaban J connectivity index is 1.92. The number of ether oxygens (including phenoxy) is 1. The lowest BCUT2D eigenvalue weighted by molar-refractivity contribution is 0.0384. The van der Waals surface area contributed by atoms with E-state index < -0.39 is 0 Å². The van der Waals surface area contributed by atoms with Crippen LogP contribution in [0.5, 0.6) is 0 Å². The molecule has 5 N–H and O–H groups in total. The van der Waals surface area contributed by atoms with E-state index in [4.69, 9.17) is 16.2 Å². The molecule has 0 spiro atoms. The Hall–Kier alpha value is -0.200. The Morgan fingerprint density at radius 2 is 2.07 bits per heavy atom. The van der Waals surface area contributed by atoms with Crippen molar-refractivity contribution in [2.75, 3.05) is 52.5 Å². The number of nitrogens with zero attached hydrogens (tertiary/aromatic N) is 1. The maximum atomic E-state index is 5.67. The number of hydrogen-bond donors (Lipinski definition) is 3. The van der Waals surface area contributed by atoms with Gasteiger partial charge in [-0.1, -0.05) is 0 Å². The summed E-state index contributed by atoms with van der Waals surface area (Å²) in [6, 6.07) is 0.0830. The van der Waals surface area contributed by atoms with Crippen molar-refractivity contribution in [2.24, 2.45) is 11.5 Å². The smallest absolute Gasteiger partial charge is 0.0594 e. The first-order chi connectivity index (χ1) is 6.83. The zero-order valence-corrected chi connectivity index (χ0v) is 8.74. The molecular formula is C9H22N4O. The molecule has 0 aromatic rings. The van der Waals surface area contributed by atoms with Gasteiger partial charge in [-0.3, -0.25) is 4.90 Å². The van der Waals surface area contributed by atoms with E-state index in [0.717, 1.165) is 45.9 Å². The lowest BCUT2D eigenvalue weighted by Gasteiger charge is -2.26. The summed E-state index contributed by atoms with van der Waals surface area (Å²) in [7, 11) is 0. The third kappa shape index (κ3) is 4.88. The number of rotatable bonds is 6. The zero-order chi connectivity index (χ0) is 10.2. The van der Waals surface area contributed by atoms with E-state index in [2.05, 4.69) is 10.2 Å². The molecule has 1 fully saturated rings. The largest absolute Gasteiger partial charge is 0.379 e. The van der Waals surface area contributed by atoms with Crippen molar-refractivity contribution in [3.63, 3.8) is 0 Å². The van der Waals surface area contributed by atoms with Crippen LogP contribution in [0.1, 0.15) is 0 Å². The molecule has 0 saturated carbocycles. The Bertz CT molecular complexity index is 139. The molecule has 0 radical (unpaired) electrons. The standard InChI is InChI=1S/C9H22N4O/c10-7-9(11)8-12-1-2-13-3-5-14-6-4-13/h9,12H,1-8,10-11H2. The molecule has 0 aromatic heterocycles. The Morgan fingerprint density at radius 1 is 1.36 bits per heavy atom. The van der Waals surface area contributed by atoms with Crippen molar-refractivity contribution in [3.05, 3.63) is 0 Å². The van der Waals surface area contributed by atoms with E-state index in [0.29, 0.717) is 6.54 Å². The van der Waals surface area contributed by atoms with Gasteiger partial charge in [0.2, 0.25) is 0 Å². The van der Waals surface area contributed by atoms with Crippen molar-refractivity contribution >= 4 is 0 Å². The van der Waals surface area contributed by atoms with Gasteiger partial charge in [0.15, 0.2) is 0 Å². The quantitative estimate of drug-likeness (QED) is 0.443. The molecule has 5 heteroatoms. The van der Waals surface area contributed by atoms with Crippen LogP contribution in [-0.2, 0) is 4.74 Å². The molecule has 5 nitrogen and oxygen atoms in total. The maximum absolute atomic E-state index is 5.67. The van der Waals surface area contributed by atoms with Crippen LogP contribution in [0.15, 0.2) is 0 Å². The van der Waals surface area contributed by atoms with Gasteiger partial charge in [-0.25, -0.2) is 0 Å². The van der Waals surface area contributed by atoms with Crippen LogP contribution in [0.2, 0.25) is 0 Å². The summed E-state index contributed by atoms with van der Waals surface area (Å²) in [5.41, 5.74) is 11.1. The number of nitrogens with two attached hydrogens (primary N) is 2. The zero-order valence-electron chi connectivity index (χ0n) is 8.74. The summed E-state index contributed by atoms with van der Waals surface area (Å²) >= 11 is 0. The summed E-state index contributed by atoms with van der Waals surface area (Å²) in [5.74, 6) is 0. The van der Waals surface area contributed by atoms with Gasteiger partial charge in [-0.05, 0) is 0 Å². The molecule has 0 aliphatic carbocycles. The highest BCUT2D eigenvalue weighted by Crippen LogP contribution is 1.94. The van der Waals surface area contributed by atoms with Gasteiger partial charge < -0.3 is 21.5 Å². The van der Waals surface area contributed by atoms with Crippen molar-refractivity contribution in [1.82, 2.24) is 10.2 Å². The van der Waals surface area contributed by atoms with Gasteiger partial charge >= 0.3 is 0 Å². The predicted octanol–water partition coefficient (Wildman–Crippen LogP) is -1.81. The fourth-order valence-corrected chi connectivity index (χ4v) is 1.43. The first-order valence-electron chi connectivity index (χ1n) is 5.29. The van der Waals surface area contributed by atoms with Crippen LogP contribution in [0.25, 0.3) is 0 Å². The molecule has 1 unspecified atom stereocenters. The van der Waals surface area contributed by atoms with Crippen LogP contribution in [0.4, 0.5) is 0 Å². The third-order valence-electron chi connectivity index (χ3n) is 2.42. The van der Waals surface area contributed by atoms with E-state index in [1.165, 1.54) is 0 Å². The van der Waals surface area contributed by atoms with Crippen LogP contribution >= 0.6 is 0 Å². The van der Waals surface area contributed by atoms with Gasteiger partial charge in [-0.15, -0.1) is 0 Å². The van der Waals surface area contributed by atoms with Gasteiger partial charge in [0.1, 0.15) is 0 Å². The van der Waals surface area contributed by atoms with E-state index in [1.54, 1.807) is 0 Å². The second-order valence-electron chi connectivity index (χ2n) is 3.65. The summed E-state index contributed by atoms with van der Waals surface area (Å²) in [6.45, 7) is 7.22. The minimum absolute atomic E-state index is 0.0830. The van der Waals surface area contributed by atoms with E-state index >= 15 is 0 Å². The molecular weight excluding hydrogens is 180 g/mol. The fraction of sp³-hybridized carbons (Fsp3) is 1.00. The average molecular weight is 202 g/mol. The minimum Gasteiger partial charge on any atom is -0.379 e. The highest BCUT2D eigenvalue weighted by atomic mass is 16.5.